The predicted octanol–water partition coefficient (Wildman–Crippen LogP) is 0.562. The molecule has 2 fully saturated rings. The molecule has 3 atom stereocenters. The van der Waals surface area contributed by atoms with Gasteiger partial charge < -0.3 is 10.6 Å². The number of carbonyl (C=O) groups is 1. The molecule has 3 unspecified atom stereocenters. The summed E-state index contributed by atoms with van der Waals surface area (Å²) >= 11 is 1.91. The Morgan fingerprint density at radius 2 is 2.45 bits per heavy atom. The van der Waals surface area contributed by atoms with Crippen LogP contribution in [0.15, 0.2) is 0 Å². The van der Waals surface area contributed by atoms with Crippen molar-refractivity contribution in [1.29, 1.82) is 0 Å². The lowest BCUT2D eigenvalue weighted by Gasteiger charge is -2.21. The van der Waals surface area contributed by atoms with Gasteiger partial charge in [-0.2, -0.15) is 11.8 Å². The monoisotopic (exact) mass is 172 g/mol. The number of carbonyl (C=O) groups excluding carboxylic acids is 1. The van der Waals surface area contributed by atoms with E-state index in [4.69, 9.17) is 0 Å². The van der Waals surface area contributed by atoms with Crippen molar-refractivity contribution in [3.05, 3.63) is 0 Å². The first-order valence-corrected chi connectivity index (χ1v) is 4.87. The molecule has 3 nitrogen and oxygen atoms in total. The minimum Gasteiger partial charge on any atom is -0.332 e. The fourth-order valence-corrected chi connectivity index (χ4v) is 3.26. The molecule has 2 saturated heterocycles. The van der Waals surface area contributed by atoms with Gasteiger partial charge in [0.2, 0.25) is 0 Å². The van der Waals surface area contributed by atoms with E-state index in [1.807, 2.05) is 11.8 Å². The first-order valence-electron chi connectivity index (χ1n) is 3.82. The third-order valence-electron chi connectivity index (χ3n) is 2.49. The molecule has 0 aromatic carbocycles. The molecular weight excluding hydrogens is 160 g/mol. The van der Waals surface area contributed by atoms with Crippen LogP contribution in [0.25, 0.3) is 0 Å². The lowest BCUT2D eigenvalue weighted by Crippen LogP contribution is -2.47. The van der Waals surface area contributed by atoms with Crippen LogP contribution in [-0.4, -0.2) is 28.6 Å². The van der Waals surface area contributed by atoms with Crippen molar-refractivity contribution in [3.63, 3.8) is 0 Å². The summed E-state index contributed by atoms with van der Waals surface area (Å²) in [5.74, 6) is 1.03. The summed E-state index contributed by atoms with van der Waals surface area (Å²) in [6, 6.07) is 0.310. The van der Waals surface area contributed by atoms with Crippen molar-refractivity contribution >= 4 is 17.8 Å². The highest BCUT2D eigenvalue weighted by Gasteiger charge is 2.50. The fraction of sp³-hybridized carbons (Fsp3) is 0.857. The van der Waals surface area contributed by atoms with Crippen LogP contribution in [0.4, 0.5) is 4.79 Å². The van der Waals surface area contributed by atoms with Gasteiger partial charge in [-0.1, -0.05) is 6.92 Å². The van der Waals surface area contributed by atoms with Crippen LogP contribution in [0.2, 0.25) is 0 Å². The van der Waals surface area contributed by atoms with Crippen LogP contribution in [-0.2, 0) is 0 Å². The third-order valence-corrected chi connectivity index (χ3v) is 4.05. The number of rotatable bonds is 0. The topological polar surface area (TPSA) is 41.1 Å². The van der Waals surface area contributed by atoms with E-state index >= 15 is 0 Å². The normalized spacial score (nSPS) is 48.4. The Hall–Kier alpha value is -0.380. The van der Waals surface area contributed by atoms with Gasteiger partial charge in [-0.25, -0.2) is 4.79 Å². The maximum Gasteiger partial charge on any atom is 0.315 e. The lowest BCUT2D eigenvalue weighted by molar-refractivity contribution is 0.246. The van der Waals surface area contributed by atoms with Crippen LogP contribution in [0.5, 0.6) is 0 Å². The van der Waals surface area contributed by atoms with Gasteiger partial charge in [0.15, 0.2) is 0 Å². The Morgan fingerprint density at radius 3 is 3.09 bits per heavy atom. The first-order chi connectivity index (χ1) is 5.12. The number of thioether (sulfide) groups is 1. The minimum absolute atomic E-state index is 0.00116. The molecule has 0 aliphatic carbocycles. The van der Waals surface area contributed by atoms with Gasteiger partial charge in [-0.05, 0) is 6.92 Å². The van der Waals surface area contributed by atoms with E-state index in [9.17, 15) is 4.79 Å². The Morgan fingerprint density at radius 1 is 1.73 bits per heavy atom. The summed E-state index contributed by atoms with van der Waals surface area (Å²) in [5, 5.41) is 6.43. The zero-order valence-electron chi connectivity index (χ0n) is 6.68. The van der Waals surface area contributed by atoms with E-state index in [0.717, 1.165) is 5.75 Å². The number of nitrogens with one attached hydrogen (secondary N) is 2. The highest BCUT2D eigenvalue weighted by atomic mass is 32.2. The van der Waals surface area contributed by atoms with Gasteiger partial charge >= 0.3 is 6.03 Å². The molecule has 0 spiro atoms. The summed E-state index contributed by atoms with van der Waals surface area (Å²) in [5.41, 5.74) is 0.00116. The lowest BCUT2D eigenvalue weighted by atomic mass is 9.95. The van der Waals surface area contributed by atoms with Crippen LogP contribution in [0.1, 0.15) is 13.8 Å². The van der Waals surface area contributed by atoms with Gasteiger partial charge in [0, 0.05) is 11.0 Å². The second-order valence-corrected chi connectivity index (χ2v) is 4.88. The molecule has 2 N–H and O–H groups in total. The van der Waals surface area contributed by atoms with Crippen LogP contribution in [0, 0.1) is 0 Å². The Kier molecular flexibility index (Phi) is 1.36. The number of urea groups is 1. The highest BCUT2D eigenvalue weighted by molar-refractivity contribution is 8.00. The zero-order chi connectivity index (χ0) is 8.06. The highest BCUT2D eigenvalue weighted by Crippen LogP contribution is 2.36. The van der Waals surface area contributed by atoms with E-state index in [1.165, 1.54) is 0 Å². The molecule has 2 aliphatic rings. The Bertz CT molecular complexity index is 209. The van der Waals surface area contributed by atoms with Crippen molar-refractivity contribution < 1.29 is 4.79 Å². The summed E-state index contributed by atoms with van der Waals surface area (Å²) in [4.78, 5) is 11.0. The van der Waals surface area contributed by atoms with Crippen LogP contribution in [0.3, 0.4) is 0 Å². The standard InChI is InChI=1S/C7H12N2OS/c1-4-5-7(2,3-11-4)9-6(10)8-5/h4-5H,3H2,1-2H3,(H2,8,9,10). The summed E-state index contributed by atoms with van der Waals surface area (Å²) in [7, 11) is 0. The first kappa shape index (κ1) is 7.28. The minimum atomic E-state index is -0.00958. The molecule has 0 bridgehead atoms. The fourth-order valence-electron chi connectivity index (χ4n) is 1.84. The second-order valence-electron chi connectivity index (χ2n) is 3.51. The van der Waals surface area contributed by atoms with Crippen molar-refractivity contribution in [1.82, 2.24) is 10.6 Å². The van der Waals surface area contributed by atoms with Gasteiger partial charge in [0.05, 0.1) is 11.6 Å². The molecule has 0 aromatic rings. The molecule has 0 aromatic heterocycles. The van der Waals surface area contributed by atoms with Crippen molar-refractivity contribution in [2.24, 2.45) is 0 Å². The molecule has 62 valence electrons. The van der Waals surface area contributed by atoms with E-state index in [1.54, 1.807) is 0 Å². The molecule has 2 aliphatic heterocycles. The van der Waals surface area contributed by atoms with E-state index in [0.29, 0.717) is 11.3 Å². The van der Waals surface area contributed by atoms with E-state index < -0.39 is 0 Å². The molecule has 2 rings (SSSR count). The van der Waals surface area contributed by atoms with Gasteiger partial charge in [-0.15, -0.1) is 0 Å². The van der Waals surface area contributed by atoms with Crippen molar-refractivity contribution in [2.45, 2.75) is 30.7 Å². The SMILES string of the molecule is CC1SCC2(C)NC(=O)NC12. The van der Waals surface area contributed by atoms with Crippen LogP contribution >= 0.6 is 11.8 Å². The maximum absolute atomic E-state index is 11.0. The van der Waals surface area contributed by atoms with E-state index in [2.05, 4.69) is 24.5 Å². The second kappa shape index (κ2) is 2.06. The summed E-state index contributed by atoms with van der Waals surface area (Å²) < 4.78 is 0. The molecule has 2 heterocycles. The molecule has 2 amide bonds. The van der Waals surface area contributed by atoms with Gasteiger partial charge in [0.1, 0.15) is 0 Å². The molecule has 4 heteroatoms. The Balaban J connectivity index is 2.24. The third kappa shape index (κ3) is 0.922. The largest absolute Gasteiger partial charge is 0.332 e. The number of hydrogen-bond donors (Lipinski definition) is 2. The number of amides is 2. The Labute approximate surface area is 70.3 Å². The van der Waals surface area contributed by atoms with Gasteiger partial charge in [-0.3, -0.25) is 0 Å². The van der Waals surface area contributed by atoms with Crippen molar-refractivity contribution in [2.75, 3.05) is 5.75 Å². The predicted molar refractivity (Wildman–Crippen MR) is 45.8 cm³/mol. The zero-order valence-corrected chi connectivity index (χ0v) is 7.49. The summed E-state index contributed by atoms with van der Waals surface area (Å²) in [6.07, 6.45) is 0. The molecule has 0 saturated carbocycles. The van der Waals surface area contributed by atoms with Crippen molar-refractivity contribution in [3.8, 4) is 0 Å². The van der Waals surface area contributed by atoms with Gasteiger partial charge in [0.25, 0.3) is 0 Å². The quantitative estimate of drug-likeness (QED) is 0.524. The average molecular weight is 172 g/mol. The smallest absolute Gasteiger partial charge is 0.315 e. The molecule has 0 radical (unpaired) electrons. The molecule has 11 heavy (non-hydrogen) atoms. The maximum atomic E-state index is 11.0. The number of hydrogen-bond acceptors (Lipinski definition) is 2. The number of fused-ring (bicyclic) bond motifs is 1. The average Bonchev–Trinajstić information content (AvgIpc) is 2.32. The molecular formula is C7H12N2OS. The summed E-state index contributed by atoms with van der Waals surface area (Å²) in [6.45, 7) is 4.26. The van der Waals surface area contributed by atoms with E-state index in [-0.39, 0.29) is 11.6 Å². The van der Waals surface area contributed by atoms with Crippen LogP contribution < -0.4 is 10.6 Å².